The van der Waals surface area contributed by atoms with Crippen molar-refractivity contribution in [3.63, 3.8) is 0 Å². The topological polar surface area (TPSA) is 49.4 Å². The fourth-order valence-electron chi connectivity index (χ4n) is 3.31. The number of hydrogen-bond acceptors (Lipinski definition) is 2. The molecule has 4 nitrogen and oxygen atoms in total. The first-order valence-electron chi connectivity index (χ1n) is 9.10. The number of rotatable bonds is 6. The van der Waals surface area contributed by atoms with Crippen LogP contribution in [0.4, 0.5) is 0 Å². The molecule has 2 amide bonds. The molecule has 132 valence electrons. The van der Waals surface area contributed by atoms with Crippen LogP contribution in [0, 0.1) is 11.8 Å². The van der Waals surface area contributed by atoms with Crippen LogP contribution in [-0.4, -0.2) is 29.8 Å². The maximum atomic E-state index is 12.6. The molecule has 0 spiro atoms. The zero-order valence-electron chi connectivity index (χ0n) is 15.1. The molecule has 0 bridgehead atoms. The Bertz CT molecular complexity index is 536. The highest BCUT2D eigenvalue weighted by molar-refractivity contribution is 5.81. The summed E-state index contributed by atoms with van der Waals surface area (Å²) in [6.07, 6.45) is 4.21. The van der Waals surface area contributed by atoms with Crippen molar-refractivity contribution in [2.75, 3.05) is 7.05 Å². The van der Waals surface area contributed by atoms with Crippen molar-refractivity contribution in [1.29, 1.82) is 0 Å². The molecule has 1 fully saturated rings. The molecule has 1 N–H and O–H groups in total. The van der Waals surface area contributed by atoms with Crippen molar-refractivity contribution in [1.82, 2.24) is 10.2 Å². The highest BCUT2D eigenvalue weighted by atomic mass is 16.2. The number of hydrogen-bond donors (Lipinski definition) is 1. The standard InChI is InChI=1S/C20H30N2O2/c1-4-15(2)21-19(23)17-10-12-18(13-11-17)20(24)22(3)14-16-8-6-5-7-9-16/h5-9,15,17-18H,4,10-14H2,1-3H3,(H,21,23). The largest absolute Gasteiger partial charge is 0.353 e. The fourth-order valence-corrected chi connectivity index (χ4v) is 3.31. The van der Waals surface area contributed by atoms with Crippen molar-refractivity contribution < 1.29 is 9.59 Å². The van der Waals surface area contributed by atoms with Crippen LogP contribution < -0.4 is 5.32 Å². The number of carbonyl (C=O) groups is 2. The van der Waals surface area contributed by atoms with Gasteiger partial charge in [-0.15, -0.1) is 0 Å². The van der Waals surface area contributed by atoms with E-state index in [1.54, 1.807) is 0 Å². The van der Waals surface area contributed by atoms with Crippen LogP contribution in [0.2, 0.25) is 0 Å². The van der Waals surface area contributed by atoms with Gasteiger partial charge in [0.2, 0.25) is 11.8 Å². The maximum absolute atomic E-state index is 12.6. The predicted molar refractivity (Wildman–Crippen MR) is 96.3 cm³/mol. The van der Waals surface area contributed by atoms with E-state index in [1.165, 1.54) is 0 Å². The van der Waals surface area contributed by atoms with Gasteiger partial charge in [-0.05, 0) is 44.6 Å². The molecule has 1 aromatic carbocycles. The molecule has 1 aromatic rings. The number of carbonyl (C=O) groups excluding carboxylic acids is 2. The molecule has 1 unspecified atom stereocenters. The van der Waals surface area contributed by atoms with Gasteiger partial charge < -0.3 is 10.2 Å². The summed E-state index contributed by atoms with van der Waals surface area (Å²) in [5.41, 5.74) is 1.15. The Labute approximate surface area is 145 Å². The molecule has 0 saturated heterocycles. The van der Waals surface area contributed by atoms with Crippen molar-refractivity contribution in [3.05, 3.63) is 35.9 Å². The lowest BCUT2D eigenvalue weighted by Crippen LogP contribution is -2.40. The Morgan fingerprint density at radius 3 is 2.29 bits per heavy atom. The molecule has 1 aliphatic rings. The quantitative estimate of drug-likeness (QED) is 0.869. The smallest absolute Gasteiger partial charge is 0.225 e. The number of amides is 2. The van der Waals surface area contributed by atoms with E-state index in [9.17, 15) is 9.59 Å². The molecule has 4 heteroatoms. The summed E-state index contributed by atoms with van der Waals surface area (Å²) < 4.78 is 0. The summed E-state index contributed by atoms with van der Waals surface area (Å²) in [5.74, 6) is 0.501. The van der Waals surface area contributed by atoms with Crippen LogP contribution in [0.25, 0.3) is 0 Å². The van der Waals surface area contributed by atoms with E-state index < -0.39 is 0 Å². The minimum absolute atomic E-state index is 0.0614. The third-order valence-electron chi connectivity index (χ3n) is 5.09. The van der Waals surface area contributed by atoms with E-state index in [-0.39, 0.29) is 29.7 Å². The zero-order valence-corrected chi connectivity index (χ0v) is 15.1. The Morgan fingerprint density at radius 2 is 1.71 bits per heavy atom. The molecule has 0 aliphatic heterocycles. The van der Waals surface area contributed by atoms with Crippen LogP contribution in [0.3, 0.4) is 0 Å². The molecule has 0 heterocycles. The lowest BCUT2D eigenvalue weighted by Gasteiger charge is -2.30. The lowest BCUT2D eigenvalue weighted by molar-refractivity contribution is -0.137. The van der Waals surface area contributed by atoms with E-state index in [4.69, 9.17) is 0 Å². The van der Waals surface area contributed by atoms with Crippen molar-refractivity contribution >= 4 is 11.8 Å². The van der Waals surface area contributed by atoms with Gasteiger partial charge in [0.1, 0.15) is 0 Å². The average Bonchev–Trinajstić information content (AvgIpc) is 2.61. The highest BCUT2D eigenvalue weighted by Gasteiger charge is 2.31. The number of nitrogens with zero attached hydrogens (tertiary/aromatic N) is 1. The van der Waals surface area contributed by atoms with Gasteiger partial charge in [0.25, 0.3) is 0 Å². The monoisotopic (exact) mass is 330 g/mol. The molecule has 24 heavy (non-hydrogen) atoms. The van der Waals surface area contributed by atoms with Gasteiger partial charge in [0.05, 0.1) is 0 Å². The third kappa shape index (κ3) is 5.08. The second kappa shape index (κ2) is 8.86. The molecular formula is C20H30N2O2. The van der Waals surface area contributed by atoms with Gasteiger partial charge in [-0.25, -0.2) is 0 Å². The summed E-state index contributed by atoms with van der Waals surface area (Å²) in [6, 6.07) is 10.3. The molecule has 0 aromatic heterocycles. The Balaban J connectivity index is 1.80. The first kappa shape index (κ1) is 18.5. The highest BCUT2D eigenvalue weighted by Crippen LogP contribution is 2.30. The van der Waals surface area contributed by atoms with Crippen LogP contribution in [0.5, 0.6) is 0 Å². The van der Waals surface area contributed by atoms with Crippen molar-refractivity contribution in [3.8, 4) is 0 Å². The van der Waals surface area contributed by atoms with Gasteiger partial charge in [0, 0.05) is 31.5 Å². The van der Waals surface area contributed by atoms with Crippen LogP contribution in [0.15, 0.2) is 30.3 Å². The SMILES string of the molecule is CCC(C)NC(=O)C1CCC(C(=O)N(C)Cc2ccccc2)CC1. The van der Waals surface area contributed by atoms with E-state index in [0.717, 1.165) is 37.7 Å². The van der Waals surface area contributed by atoms with Gasteiger partial charge in [-0.1, -0.05) is 37.3 Å². The first-order valence-corrected chi connectivity index (χ1v) is 9.10. The summed E-state index contributed by atoms with van der Waals surface area (Å²) in [4.78, 5) is 26.7. The van der Waals surface area contributed by atoms with Crippen LogP contribution in [-0.2, 0) is 16.1 Å². The average molecular weight is 330 g/mol. The van der Waals surface area contributed by atoms with Crippen molar-refractivity contribution in [2.45, 2.75) is 58.5 Å². The normalized spacial score (nSPS) is 21.8. The van der Waals surface area contributed by atoms with Crippen LogP contribution >= 0.6 is 0 Å². The fraction of sp³-hybridized carbons (Fsp3) is 0.600. The van der Waals surface area contributed by atoms with E-state index in [1.807, 2.05) is 49.2 Å². The molecule has 1 saturated carbocycles. The summed E-state index contributed by atoms with van der Waals surface area (Å²) >= 11 is 0. The summed E-state index contributed by atoms with van der Waals surface area (Å²) in [7, 11) is 1.87. The first-order chi connectivity index (χ1) is 11.5. The van der Waals surface area contributed by atoms with Gasteiger partial charge in [0.15, 0.2) is 0 Å². The second-order valence-electron chi connectivity index (χ2n) is 7.05. The Hall–Kier alpha value is -1.84. The van der Waals surface area contributed by atoms with Gasteiger partial charge in [-0.3, -0.25) is 9.59 Å². The lowest BCUT2D eigenvalue weighted by atomic mass is 9.80. The molecular weight excluding hydrogens is 300 g/mol. The number of benzene rings is 1. The van der Waals surface area contributed by atoms with Gasteiger partial charge >= 0.3 is 0 Å². The predicted octanol–water partition coefficient (Wildman–Crippen LogP) is 3.37. The minimum atomic E-state index is 0.0614. The summed E-state index contributed by atoms with van der Waals surface area (Å²) in [6.45, 7) is 4.75. The van der Waals surface area contributed by atoms with Crippen molar-refractivity contribution in [2.24, 2.45) is 11.8 Å². The summed E-state index contributed by atoms with van der Waals surface area (Å²) in [5, 5.41) is 3.06. The zero-order chi connectivity index (χ0) is 17.5. The number of nitrogens with one attached hydrogen (secondary N) is 1. The molecule has 2 rings (SSSR count). The maximum Gasteiger partial charge on any atom is 0.225 e. The molecule has 1 atom stereocenters. The van der Waals surface area contributed by atoms with E-state index in [2.05, 4.69) is 12.2 Å². The second-order valence-corrected chi connectivity index (χ2v) is 7.05. The van der Waals surface area contributed by atoms with E-state index in [0.29, 0.717) is 6.54 Å². The van der Waals surface area contributed by atoms with Gasteiger partial charge in [-0.2, -0.15) is 0 Å². The Morgan fingerprint density at radius 1 is 1.12 bits per heavy atom. The molecule has 1 aliphatic carbocycles. The van der Waals surface area contributed by atoms with Crippen LogP contribution in [0.1, 0.15) is 51.5 Å². The molecule has 0 radical (unpaired) electrons. The third-order valence-corrected chi connectivity index (χ3v) is 5.09. The minimum Gasteiger partial charge on any atom is -0.353 e. The van der Waals surface area contributed by atoms with E-state index >= 15 is 0 Å². The Kier molecular flexibility index (Phi) is 6.83.